The van der Waals surface area contributed by atoms with Gasteiger partial charge >= 0.3 is 0 Å². The standard InChI is InChI=1S/C30H38IN3O2S/c1-37(35,36)21-24-6-5-9-29(24)30(22-32,25-7-3-2-4-8-25)26-14-16-33(17-15-26)18-23-19-34(20-23)28-12-10-27(31)11-13-28/h2-4,7-8,10-13,23-24,26,29H,5-6,9,14-21H2,1H3/t24-,29+,30?/m1/s1. The predicted molar refractivity (Wildman–Crippen MR) is 158 cm³/mol. The van der Waals surface area contributed by atoms with Crippen LogP contribution in [0, 0.1) is 38.6 Å². The van der Waals surface area contributed by atoms with Crippen molar-refractivity contribution >= 4 is 38.1 Å². The maximum absolute atomic E-state index is 12.3. The van der Waals surface area contributed by atoms with Crippen molar-refractivity contribution in [2.75, 3.05) is 49.6 Å². The lowest BCUT2D eigenvalue weighted by atomic mass is 9.58. The molecule has 198 valence electrons. The Morgan fingerprint density at radius 1 is 1.00 bits per heavy atom. The van der Waals surface area contributed by atoms with E-state index in [0.29, 0.717) is 5.92 Å². The van der Waals surface area contributed by atoms with Crippen molar-refractivity contribution in [3.8, 4) is 6.07 Å². The van der Waals surface area contributed by atoms with Crippen molar-refractivity contribution < 1.29 is 8.42 Å². The zero-order valence-electron chi connectivity index (χ0n) is 21.7. The molecule has 2 aromatic carbocycles. The van der Waals surface area contributed by atoms with Crippen molar-refractivity contribution in [3.05, 3.63) is 63.7 Å². The van der Waals surface area contributed by atoms with Gasteiger partial charge in [-0.3, -0.25) is 0 Å². The Hall–Kier alpha value is -1.63. The van der Waals surface area contributed by atoms with E-state index in [4.69, 9.17) is 0 Å². The van der Waals surface area contributed by atoms with E-state index >= 15 is 0 Å². The lowest BCUT2D eigenvalue weighted by Crippen LogP contribution is -2.54. The van der Waals surface area contributed by atoms with Gasteiger partial charge in [-0.15, -0.1) is 0 Å². The highest BCUT2D eigenvalue weighted by Crippen LogP contribution is 2.52. The summed E-state index contributed by atoms with van der Waals surface area (Å²) in [5.74, 6) is 1.31. The molecular weight excluding hydrogens is 593 g/mol. The molecule has 5 nitrogen and oxygen atoms in total. The quantitative estimate of drug-likeness (QED) is 0.367. The van der Waals surface area contributed by atoms with Crippen LogP contribution in [-0.2, 0) is 15.3 Å². The van der Waals surface area contributed by atoms with Crippen LogP contribution in [0.5, 0.6) is 0 Å². The average Bonchev–Trinajstić information content (AvgIpc) is 3.31. The molecule has 0 N–H and O–H groups in total. The van der Waals surface area contributed by atoms with E-state index < -0.39 is 15.3 Å². The summed E-state index contributed by atoms with van der Waals surface area (Å²) >= 11 is 2.35. The Kier molecular flexibility index (Phi) is 8.18. The number of hydrogen-bond acceptors (Lipinski definition) is 5. The largest absolute Gasteiger partial charge is 0.371 e. The first kappa shape index (κ1) is 27.0. The second-order valence-corrected chi connectivity index (χ2v) is 15.0. The molecule has 0 radical (unpaired) electrons. The molecule has 3 aliphatic rings. The number of hydrogen-bond donors (Lipinski definition) is 0. The number of nitriles is 1. The Morgan fingerprint density at radius 2 is 1.68 bits per heavy atom. The van der Waals surface area contributed by atoms with E-state index in [1.165, 1.54) is 15.5 Å². The van der Waals surface area contributed by atoms with Gasteiger partial charge in [-0.2, -0.15) is 5.26 Å². The fourth-order valence-corrected chi connectivity index (χ4v) is 8.95. The Bertz CT molecular complexity index is 1200. The van der Waals surface area contributed by atoms with Gasteiger partial charge in [0.25, 0.3) is 0 Å². The molecule has 3 atom stereocenters. The summed E-state index contributed by atoms with van der Waals surface area (Å²) in [6.45, 7) is 5.39. The molecule has 1 saturated carbocycles. The molecule has 2 saturated heterocycles. The van der Waals surface area contributed by atoms with E-state index in [-0.39, 0.29) is 23.5 Å². The Labute approximate surface area is 236 Å². The molecule has 1 unspecified atom stereocenters. The summed E-state index contributed by atoms with van der Waals surface area (Å²) in [6.07, 6.45) is 6.21. The van der Waals surface area contributed by atoms with Crippen LogP contribution >= 0.6 is 22.6 Å². The second kappa shape index (κ2) is 11.2. The topological polar surface area (TPSA) is 64.4 Å². The van der Waals surface area contributed by atoms with Crippen LogP contribution in [0.4, 0.5) is 5.69 Å². The number of sulfone groups is 1. The molecule has 37 heavy (non-hydrogen) atoms. The summed E-state index contributed by atoms with van der Waals surface area (Å²) in [5, 5.41) is 10.9. The fraction of sp³-hybridized carbons (Fsp3) is 0.567. The number of likely N-dealkylation sites (tertiary alicyclic amines) is 1. The first-order valence-corrected chi connectivity index (χ1v) is 16.8. The highest BCUT2D eigenvalue weighted by molar-refractivity contribution is 14.1. The second-order valence-electron chi connectivity index (χ2n) is 11.6. The maximum Gasteiger partial charge on any atom is 0.147 e. The molecule has 0 aromatic heterocycles. The number of nitrogens with zero attached hydrogens (tertiary/aromatic N) is 3. The number of rotatable bonds is 8. The van der Waals surface area contributed by atoms with Crippen LogP contribution in [0.15, 0.2) is 54.6 Å². The van der Waals surface area contributed by atoms with Crippen molar-refractivity contribution in [2.24, 2.45) is 23.7 Å². The van der Waals surface area contributed by atoms with Gasteiger partial charge in [-0.1, -0.05) is 36.8 Å². The van der Waals surface area contributed by atoms with Crippen molar-refractivity contribution in [1.82, 2.24) is 4.90 Å². The van der Waals surface area contributed by atoms with E-state index in [0.717, 1.165) is 70.4 Å². The van der Waals surface area contributed by atoms with Gasteiger partial charge in [0.15, 0.2) is 0 Å². The lowest BCUT2D eigenvalue weighted by Gasteiger charge is -2.48. The van der Waals surface area contributed by atoms with E-state index in [1.54, 1.807) is 0 Å². The van der Waals surface area contributed by atoms with Crippen molar-refractivity contribution in [1.29, 1.82) is 5.26 Å². The fourth-order valence-electron chi connectivity index (χ4n) is 7.41. The molecule has 5 rings (SSSR count). The number of anilines is 1. The van der Waals surface area contributed by atoms with Gasteiger partial charge in [0.2, 0.25) is 0 Å². The van der Waals surface area contributed by atoms with E-state index in [9.17, 15) is 13.7 Å². The third kappa shape index (κ3) is 5.86. The number of halogens is 1. The third-order valence-corrected chi connectivity index (χ3v) is 10.8. The van der Waals surface area contributed by atoms with Crippen molar-refractivity contribution in [3.63, 3.8) is 0 Å². The highest BCUT2D eigenvalue weighted by atomic mass is 127. The summed E-state index contributed by atoms with van der Waals surface area (Å²) < 4.78 is 25.8. The molecule has 2 aromatic rings. The van der Waals surface area contributed by atoms with Crippen LogP contribution < -0.4 is 4.90 Å². The minimum absolute atomic E-state index is 0.0649. The zero-order chi connectivity index (χ0) is 26.0. The molecule has 3 fully saturated rings. The average molecular weight is 632 g/mol. The summed E-state index contributed by atoms with van der Waals surface area (Å²) in [7, 11) is -3.09. The van der Waals surface area contributed by atoms with Crippen LogP contribution in [0.3, 0.4) is 0 Å². The minimum Gasteiger partial charge on any atom is -0.371 e. The van der Waals surface area contributed by atoms with Crippen molar-refractivity contribution in [2.45, 2.75) is 37.5 Å². The molecule has 7 heteroatoms. The first-order valence-electron chi connectivity index (χ1n) is 13.7. The normalized spacial score (nSPS) is 25.4. The first-order chi connectivity index (χ1) is 17.8. The lowest BCUT2D eigenvalue weighted by molar-refractivity contribution is 0.0935. The zero-order valence-corrected chi connectivity index (χ0v) is 24.7. The van der Waals surface area contributed by atoms with Gasteiger partial charge in [-0.25, -0.2) is 8.42 Å². The highest BCUT2D eigenvalue weighted by Gasteiger charge is 2.52. The minimum atomic E-state index is -3.09. The predicted octanol–water partition coefficient (Wildman–Crippen LogP) is 5.36. The van der Waals surface area contributed by atoms with Crippen LogP contribution in [0.2, 0.25) is 0 Å². The molecule has 2 heterocycles. The van der Waals surface area contributed by atoms with Gasteiger partial charge in [0, 0.05) is 41.1 Å². The number of piperidine rings is 1. The van der Waals surface area contributed by atoms with E-state index in [2.05, 4.69) is 74.9 Å². The van der Waals surface area contributed by atoms with Crippen LogP contribution in [-0.4, -0.2) is 58.1 Å². The molecule has 0 bridgehead atoms. The van der Waals surface area contributed by atoms with Gasteiger partial charge in [0.05, 0.1) is 17.2 Å². The summed E-state index contributed by atoms with van der Waals surface area (Å²) in [6, 6.07) is 21.9. The van der Waals surface area contributed by atoms with Crippen LogP contribution in [0.1, 0.15) is 37.7 Å². The van der Waals surface area contributed by atoms with Gasteiger partial charge < -0.3 is 9.80 Å². The monoisotopic (exact) mass is 631 g/mol. The van der Waals surface area contributed by atoms with Gasteiger partial charge in [-0.05, 0) is 109 Å². The molecule has 0 spiro atoms. The SMILES string of the molecule is CS(=O)(=O)C[C@H]1CCC[C@@H]1C(C#N)(c1ccccc1)C1CCN(CC2CN(c3ccc(I)cc3)C2)CC1. The Morgan fingerprint density at radius 3 is 2.30 bits per heavy atom. The Balaban J connectivity index is 1.26. The molecule has 0 amide bonds. The smallest absolute Gasteiger partial charge is 0.147 e. The summed E-state index contributed by atoms with van der Waals surface area (Å²) in [4.78, 5) is 5.06. The van der Waals surface area contributed by atoms with E-state index in [1.807, 2.05) is 18.2 Å². The maximum atomic E-state index is 12.3. The number of benzene rings is 2. The molecular formula is C30H38IN3O2S. The van der Waals surface area contributed by atoms with Gasteiger partial charge in [0.1, 0.15) is 9.84 Å². The third-order valence-electron chi connectivity index (χ3n) is 9.09. The molecule has 1 aliphatic carbocycles. The molecule has 2 aliphatic heterocycles. The van der Waals surface area contributed by atoms with Crippen LogP contribution in [0.25, 0.3) is 0 Å². The summed E-state index contributed by atoms with van der Waals surface area (Å²) in [5.41, 5.74) is 1.79.